The number of furan rings is 1. The van der Waals surface area contributed by atoms with Crippen molar-refractivity contribution in [2.45, 2.75) is 25.1 Å². The standard InChI is InChI=1S/C17H16FN3O2S/c1-2-15-16(22)21(11-12-5-7-13(18)8-6-12)17(24-15)20-19-10-14-4-3-9-23-14/h3-10,15H,2,11H2,1H3/b19-10-,20-17-/t15-/m1/s1. The lowest BCUT2D eigenvalue weighted by Gasteiger charge is -2.15. The normalized spacial score (nSPS) is 19.8. The van der Waals surface area contributed by atoms with Crippen LogP contribution in [0.2, 0.25) is 0 Å². The number of hydrogen-bond donors (Lipinski definition) is 0. The summed E-state index contributed by atoms with van der Waals surface area (Å²) in [6, 6.07) is 9.61. The molecule has 2 heterocycles. The smallest absolute Gasteiger partial charge is 0.242 e. The first-order valence-electron chi connectivity index (χ1n) is 7.54. The second kappa shape index (κ2) is 7.44. The molecule has 1 fully saturated rings. The van der Waals surface area contributed by atoms with Crippen LogP contribution in [0.5, 0.6) is 0 Å². The van der Waals surface area contributed by atoms with E-state index in [0.717, 1.165) is 5.56 Å². The summed E-state index contributed by atoms with van der Waals surface area (Å²) in [7, 11) is 0. The molecular weight excluding hydrogens is 329 g/mol. The second-order valence-corrected chi connectivity index (χ2v) is 6.38. The highest BCUT2D eigenvalue weighted by molar-refractivity contribution is 8.15. The van der Waals surface area contributed by atoms with Gasteiger partial charge in [-0.1, -0.05) is 30.8 Å². The van der Waals surface area contributed by atoms with Crippen LogP contribution < -0.4 is 0 Å². The van der Waals surface area contributed by atoms with Gasteiger partial charge in [0.1, 0.15) is 11.6 Å². The molecule has 1 aromatic carbocycles. The van der Waals surface area contributed by atoms with Crippen molar-refractivity contribution in [3.05, 3.63) is 59.8 Å². The average Bonchev–Trinajstić information content (AvgIpc) is 3.20. The fourth-order valence-corrected chi connectivity index (χ4v) is 3.29. The molecule has 0 saturated carbocycles. The molecule has 1 saturated heterocycles. The number of carbonyl (C=O) groups excluding carboxylic acids is 1. The van der Waals surface area contributed by atoms with Crippen molar-refractivity contribution < 1.29 is 13.6 Å². The SMILES string of the molecule is CC[C@H]1S/C(=N\N=C/c2ccco2)N(Cc2ccc(F)cc2)C1=O. The summed E-state index contributed by atoms with van der Waals surface area (Å²) in [4.78, 5) is 14.1. The van der Waals surface area contributed by atoms with Crippen LogP contribution in [-0.4, -0.2) is 27.4 Å². The highest BCUT2D eigenvalue weighted by Crippen LogP contribution is 2.30. The lowest BCUT2D eigenvalue weighted by atomic mass is 10.2. The molecule has 24 heavy (non-hydrogen) atoms. The molecule has 5 nitrogen and oxygen atoms in total. The van der Waals surface area contributed by atoms with Gasteiger partial charge < -0.3 is 4.42 Å². The highest BCUT2D eigenvalue weighted by Gasteiger charge is 2.36. The van der Waals surface area contributed by atoms with Gasteiger partial charge in [-0.3, -0.25) is 9.69 Å². The number of amidine groups is 1. The molecule has 1 atom stereocenters. The van der Waals surface area contributed by atoms with Crippen LogP contribution in [0.4, 0.5) is 4.39 Å². The van der Waals surface area contributed by atoms with E-state index >= 15 is 0 Å². The Labute approximate surface area is 143 Å². The Hall–Kier alpha value is -2.41. The van der Waals surface area contributed by atoms with Gasteiger partial charge in [-0.2, -0.15) is 5.10 Å². The van der Waals surface area contributed by atoms with Gasteiger partial charge >= 0.3 is 0 Å². The van der Waals surface area contributed by atoms with E-state index in [-0.39, 0.29) is 17.0 Å². The van der Waals surface area contributed by atoms with Crippen LogP contribution >= 0.6 is 11.8 Å². The van der Waals surface area contributed by atoms with Crippen molar-refractivity contribution in [3.8, 4) is 0 Å². The number of nitrogens with zero attached hydrogens (tertiary/aromatic N) is 3. The van der Waals surface area contributed by atoms with Crippen LogP contribution in [-0.2, 0) is 11.3 Å². The van der Waals surface area contributed by atoms with E-state index in [1.807, 2.05) is 6.92 Å². The van der Waals surface area contributed by atoms with E-state index in [4.69, 9.17) is 4.42 Å². The van der Waals surface area contributed by atoms with Crippen molar-refractivity contribution in [2.75, 3.05) is 0 Å². The second-order valence-electron chi connectivity index (χ2n) is 5.21. The van der Waals surface area contributed by atoms with Gasteiger partial charge in [-0.25, -0.2) is 4.39 Å². The molecule has 1 aliphatic rings. The summed E-state index contributed by atoms with van der Waals surface area (Å²) in [5, 5.41) is 8.54. The van der Waals surface area contributed by atoms with E-state index in [9.17, 15) is 9.18 Å². The van der Waals surface area contributed by atoms with Crippen molar-refractivity contribution in [1.29, 1.82) is 0 Å². The summed E-state index contributed by atoms with van der Waals surface area (Å²) in [6.45, 7) is 2.30. The molecule has 1 aromatic heterocycles. The predicted molar refractivity (Wildman–Crippen MR) is 92.4 cm³/mol. The fourth-order valence-electron chi connectivity index (χ4n) is 2.26. The van der Waals surface area contributed by atoms with Gasteiger partial charge in [0.25, 0.3) is 0 Å². The van der Waals surface area contributed by atoms with Gasteiger partial charge in [0, 0.05) is 0 Å². The summed E-state index contributed by atoms with van der Waals surface area (Å²) in [5.41, 5.74) is 0.838. The maximum atomic E-state index is 13.0. The first-order valence-corrected chi connectivity index (χ1v) is 8.42. The third-order valence-corrected chi connectivity index (χ3v) is 4.85. The molecule has 0 unspecified atom stereocenters. The zero-order valence-electron chi connectivity index (χ0n) is 13.1. The van der Waals surface area contributed by atoms with E-state index < -0.39 is 0 Å². The van der Waals surface area contributed by atoms with Crippen molar-refractivity contribution in [1.82, 2.24) is 4.90 Å². The third kappa shape index (κ3) is 3.73. The minimum atomic E-state index is -0.302. The number of amides is 1. The first-order chi connectivity index (χ1) is 11.7. The molecule has 3 rings (SSSR count). The van der Waals surface area contributed by atoms with Crippen LogP contribution in [0.3, 0.4) is 0 Å². The molecule has 0 N–H and O–H groups in total. The Balaban J connectivity index is 1.79. The average molecular weight is 345 g/mol. The van der Waals surface area contributed by atoms with Crippen LogP contribution in [0.25, 0.3) is 0 Å². The molecule has 1 aliphatic heterocycles. The fraction of sp³-hybridized carbons (Fsp3) is 0.235. The number of rotatable bonds is 5. The van der Waals surface area contributed by atoms with Gasteiger partial charge in [0.05, 0.1) is 24.3 Å². The Morgan fingerprint density at radius 2 is 2.12 bits per heavy atom. The van der Waals surface area contributed by atoms with E-state index in [2.05, 4.69) is 10.2 Å². The van der Waals surface area contributed by atoms with Gasteiger partial charge in [-0.05, 0) is 36.2 Å². The zero-order chi connectivity index (χ0) is 16.9. The lowest BCUT2D eigenvalue weighted by molar-refractivity contribution is -0.126. The Bertz CT molecular complexity index is 757. The predicted octanol–water partition coefficient (Wildman–Crippen LogP) is 3.66. The molecule has 0 spiro atoms. The van der Waals surface area contributed by atoms with E-state index in [1.165, 1.54) is 30.1 Å². The number of hydrogen-bond acceptors (Lipinski definition) is 5. The molecule has 0 aliphatic carbocycles. The third-order valence-electron chi connectivity index (χ3n) is 3.52. The minimum absolute atomic E-state index is 0.00114. The summed E-state index contributed by atoms with van der Waals surface area (Å²) in [5.74, 6) is 0.286. The minimum Gasteiger partial charge on any atom is -0.463 e. The quantitative estimate of drug-likeness (QED) is 0.614. The molecule has 0 radical (unpaired) electrons. The lowest BCUT2D eigenvalue weighted by Crippen LogP contribution is -2.31. The summed E-state index contributed by atoms with van der Waals surface area (Å²) < 4.78 is 18.2. The van der Waals surface area contributed by atoms with Crippen molar-refractivity contribution in [3.63, 3.8) is 0 Å². The Kier molecular flexibility index (Phi) is 5.10. The van der Waals surface area contributed by atoms with Gasteiger partial charge in [0.15, 0.2) is 5.17 Å². The monoisotopic (exact) mass is 345 g/mol. The van der Waals surface area contributed by atoms with E-state index in [1.54, 1.807) is 35.4 Å². The molecular formula is C17H16FN3O2S. The number of benzene rings is 1. The molecule has 124 valence electrons. The van der Waals surface area contributed by atoms with Gasteiger partial charge in [-0.15, -0.1) is 5.10 Å². The molecule has 1 amide bonds. The topological polar surface area (TPSA) is 58.2 Å². The van der Waals surface area contributed by atoms with Crippen LogP contribution in [0, 0.1) is 5.82 Å². The zero-order valence-corrected chi connectivity index (χ0v) is 13.9. The molecule has 2 aromatic rings. The first kappa shape index (κ1) is 16.4. The van der Waals surface area contributed by atoms with Crippen molar-refractivity contribution in [2.24, 2.45) is 10.2 Å². The number of carbonyl (C=O) groups is 1. The van der Waals surface area contributed by atoms with Crippen molar-refractivity contribution >= 4 is 29.1 Å². The molecule has 7 heteroatoms. The number of halogens is 1. The highest BCUT2D eigenvalue weighted by atomic mass is 32.2. The maximum absolute atomic E-state index is 13.0. The summed E-state index contributed by atoms with van der Waals surface area (Å²) in [6.07, 6.45) is 3.76. The molecule has 0 bridgehead atoms. The van der Waals surface area contributed by atoms with E-state index in [0.29, 0.717) is 23.9 Å². The Morgan fingerprint density at radius 3 is 2.79 bits per heavy atom. The van der Waals surface area contributed by atoms with Gasteiger partial charge in [0.2, 0.25) is 5.91 Å². The summed E-state index contributed by atoms with van der Waals surface area (Å²) >= 11 is 1.39. The van der Waals surface area contributed by atoms with Crippen LogP contribution in [0.15, 0.2) is 57.3 Å². The van der Waals surface area contributed by atoms with Crippen LogP contribution in [0.1, 0.15) is 24.7 Å². The number of thioether (sulfide) groups is 1. The largest absolute Gasteiger partial charge is 0.463 e. The Morgan fingerprint density at radius 1 is 1.33 bits per heavy atom. The maximum Gasteiger partial charge on any atom is 0.242 e.